The van der Waals surface area contributed by atoms with Crippen molar-refractivity contribution in [3.05, 3.63) is 35.9 Å². The smallest absolute Gasteiger partial charge is 0.197 e. The van der Waals surface area contributed by atoms with E-state index in [0.717, 1.165) is 18.6 Å². The molecule has 0 spiro atoms. The zero-order valence-electron chi connectivity index (χ0n) is 11.6. The van der Waals surface area contributed by atoms with Crippen LogP contribution in [0.4, 0.5) is 0 Å². The van der Waals surface area contributed by atoms with Gasteiger partial charge in [0, 0.05) is 12.1 Å². The number of nitrogens with zero attached hydrogens (tertiary/aromatic N) is 1. The maximum atomic E-state index is 11.1. The molecule has 0 saturated carbocycles. The highest BCUT2D eigenvalue weighted by Crippen LogP contribution is 2.37. The van der Waals surface area contributed by atoms with Crippen molar-refractivity contribution in [2.75, 3.05) is 20.6 Å². The lowest BCUT2D eigenvalue weighted by molar-refractivity contribution is 0.374. The summed E-state index contributed by atoms with van der Waals surface area (Å²) in [6.07, 6.45) is 3.75. The van der Waals surface area contributed by atoms with E-state index in [0.29, 0.717) is 5.54 Å². The molecule has 0 radical (unpaired) electrons. The van der Waals surface area contributed by atoms with Gasteiger partial charge in [0.1, 0.15) is 0 Å². The molecule has 1 aromatic rings. The number of likely N-dealkylation sites (N-methyl/N-ethyl adjacent to an activating group) is 1. The monoisotopic (exact) mass is 263 g/mol. The van der Waals surface area contributed by atoms with E-state index in [1.54, 1.807) is 0 Å². The molecular formula is C15H25NOSi. The van der Waals surface area contributed by atoms with E-state index in [-0.39, 0.29) is 0 Å². The van der Waals surface area contributed by atoms with Crippen LogP contribution in [0.5, 0.6) is 0 Å². The number of rotatable bonds is 4. The van der Waals surface area contributed by atoms with Crippen LogP contribution in [0.25, 0.3) is 0 Å². The van der Waals surface area contributed by atoms with Crippen LogP contribution in [0.1, 0.15) is 30.4 Å². The lowest BCUT2D eigenvalue weighted by Crippen LogP contribution is -2.47. The van der Waals surface area contributed by atoms with Crippen LogP contribution in [0.15, 0.2) is 30.3 Å². The molecule has 0 aromatic heterocycles. The molecule has 1 aromatic carbocycles. The van der Waals surface area contributed by atoms with Crippen molar-refractivity contribution >= 4 is 8.32 Å². The zero-order valence-corrected chi connectivity index (χ0v) is 12.6. The second-order valence-electron chi connectivity index (χ2n) is 5.89. The van der Waals surface area contributed by atoms with Crippen molar-refractivity contribution in [1.29, 1.82) is 0 Å². The van der Waals surface area contributed by atoms with Crippen LogP contribution < -0.4 is 0 Å². The highest BCUT2D eigenvalue weighted by atomic mass is 28.4. The molecular weight excluding hydrogens is 238 g/mol. The summed E-state index contributed by atoms with van der Waals surface area (Å²) in [5.74, 6) is 0. The van der Waals surface area contributed by atoms with E-state index in [1.165, 1.54) is 24.8 Å². The molecule has 1 heterocycles. The fourth-order valence-electron chi connectivity index (χ4n) is 3.15. The highest BCUT2D eigenvalue weighted by molar-refractivity contribution is 6.74. The van der Waals surface area contributed by atoms with Crippen LogP contribution in [-0.2, 0) is 0 Å². The Labute approximate surface area is 112 Å². The molecule has 0 amide bonds. The highest BCUT2D eigenvalue weighted by Gasteiger charge is 2.41. The lowest BCUT2D eigenvalue weighted by atomic mass is 10.1. The summed E-state index contributed by atoms with van der Waals surface area (Å²) < 4.78 is 0. The molecule has 0 bridgehead atoms. The van der Waals surface area contributed by atoms with Crippen LogP contribution in [0.2, 0.25) is 12.1 Å². The second kappa shape index (κ2) is 6.00. The van der Waals surface area contributed by atoms with Gasteiger partial charge in [-0.1, -0.05) is 49.6 Å². The third kappa shape index (κ3) is 3.22. The van der Waals surface area contributed by atoms with Crippen molar-refractivity contribution in [2.24, 2.45) is 0 Å². The normalized spacial score (nSPS) is 20.9. The van der Waals surface area contributed by atoms with Crippen molar-refractivity contribution in [3.8, 4) is 0 Å². The first-order valence-corrected chi connectivity index (χ1v) is 9.48. The van der Waals surface area contributed by atoms with E-state index in [2.05, 4.69) is 49.3 Å². The average Bonchev–Trinajstić information content (AvgIpc) is 2.37. The maximum Gasteiger partial charge on any atom is 0.197 e. The Balaban J connectivity index is 2.24. The number of hydrogen-bond donors (Lipinski definition) is 1. The van der Waals surface area contributed by atoms with Crippen molar-refractivity contribution in [3.63, 3.8) is 0 Å². The largest absolute Gasteiger partial charge is 0.431 e. The Morgan fingerprint density at radius 2 is 1.72 bits per heavy atom. The minimum Gasteiger partial charge on any atom is -0.431 e. The van der Waals surface area contributed by atoms with Gasteiger partial charge in [0.05, 0.1) is 0 Å². The van der Waals surface area contributed by atoms with Crippen molar-refractivity contribution in [2.45, 2.75) is 36.9 Å². The van der Waals surface area contributed by atoms with Gasteiger partial charge >= 0.3 is 0 Å². The fourth-order valence-corrected chi connectivity index (χ4v) is 7.34. The SMILES string of the molecule is CN(C)C[C@H](c1ccccc1)[Si]1(O)CCCCC1. The number of benzene rings is 1. The summed E-state index contributed by atoms with van der Waals surface area (Å²) in [4.78, 5) is 13.4. The van der Waals surface area contributed by atoms with Crippen LogP contribution >= 0.6 is 0 Å². The first-order chi connectivity index (χ1) is 8.62. The van der Waals surface area contributed by atoms with Crippen LogP contribution in [0, 0.1) is 0 Å². The number of hydrogen-bond acceptors (Lipinski definition) is 2. The van der Waals surface area contributed by atoms with Crippen LogP contribution in [0.3, 0.4) is 0 Å². The summed E-state index contributed by atoms with van der Waals surface area (Å²) in [6.45, 7) is 0.979. The van der Waals surface area contributed by atoms with Gasteiger partial charge in [-0.3, -0.25) is 0 Å². The Bertz CT molecular complexity index is 360. The van der Waals surface area contributed by atoms with Crippen LogP contribution in [-0.4, -0.2) is 38.7 Å². The minimum absolute atomic E-state index is 0.369. The quantitative estimate of drug-likeness (QED) is 0.844. The average molecular weight is 263 g/mol. The third-order valence-electron chi connectivity index (χ3n) is 4.12. The summed E-state index contributed by atoms with van der Waals surface area (Å²) in [6, 6.07) is 12.8. The van der Waals surface area contributed by atoms with Gasteiger partial charge in [-0.25, -0.2) is 0 Å². The molecule has 1 atom stereocenters. The molecule has 2 nitrogen and oxygen atoms in total. The van der Waals surface area contributed by atoms with E-state index in [9.17, 15) is 4.80 Å². The molecule has 1 N–H and O–H groups in total. The molecule has 3 heteroatoms. The predicted molar refractivity (Wildman–Crippen MR) is 79.2 cm³/mol. The van der Waals surface area contributed by atoms with E-state index >= 15 is 0 Å². The first-order valence-electron chi connectivity index (χ1n) is 7.04. The topological polar surface area (TPSA) is 23.5 Å². The Morgan fingerprint density at radius 1 is 1.11 bits per heavy atom. The van der Waals surface area contributed by atoms with Gasteiger partial charge in [0.15, 0.2) is 8.32 Å². The Hall–Kier alpha value is -0.643. The molecule has 1 fully saturated rings. The molecule has 0 aliphatic carbocycles. The predicted octanol–water partition coefficient (Wildman–Crippen LogP) is 2.99. The summed E-state index contributed by atoms with van der Waals surface area (Å²) in [5.41, 5.74) is 1.70. The Kier molecular flexibility index (Phi) is 4.59. The van der Waals surface area contributed by atoms with Crippen molar-refractivity contribution < 1.29 is 4.80 Å². The molecule has 1 saturated heterocycles. The van der Waals surface area contributed by atoms with E-state index < -0.39 is 8.32 Å². The minimum atomic E-state index is -2.11. The van der Waals surface area contributed by atoms with Crippen molar-refractivity contribution in [1.82, 2.24) is 4.90 Å². The van der Waals surface area contributed by atoms with E-state index in [1.807, 2.05) is 0 Å². The molecule has 2 rings (SSSR count). The molecule has 100 valence electrons. The zero-order chi connectivity index (χ0) is 13.0. The fraction of sp³-hybridized carbons (Fsp3) is 0.600. The Morgan fingerprint density at radius 3 is 2.28 bits per heavy atom. The van der Waals surface area contributed by atoms with Gasteiger partial charge < -0.3 is 9.70 Å². The standard InChI is InChI=1S/C15H25NOSi/c1-16(2)13-15(14-9-5-3-6-10-14)18(17)11-7-4-8-12-18/h3,5-6,9-10,15,17H,4,7-8,11-13H2,1-2H3/t15-/m1/s1. The third-order valence-corrected chi connectivity index (χ3v) is 8.37. The van der Waals surface area contributed by atoms with Gasteiger partial charge in [-0.2, -0.15) is 0 Å². The van der Waals surface area contributed by atoms with Gasteiger partial charge in [-0.15, -0.1) is 0 Å². The molecule has 1 aliphatic rings. The lowest BCUT2D eigenvalue weighted by Gasteiger charge is -2.38. The van der Waals surface area contributed by atoms with Gasteiger partial charge in [0.25, 0.3) is 0 Å². The summed E-state index contributed by atoms with van der Waals surface area (Å²) in [5, 5.41) is 0. The molecule has 1 aliphatic heterocycles. The second-order valence-corrected chi connectivity index (χ2v) is 9.79. The van der Waals surface area contributed by atoms with E-state index in [4.69, 9.17) is 0 Å². The molecule has 18 heavy (non-hydrogen) atoms. The summed E-state index contributed by atoms with van der Waals surface area (Å²) >= 11 is 0. The van der Waals surface area contributed by atoms with Gasteiger partial charge in [0.2, 0.25) is 0 Å². The first kappa shape index (κ1) is 13.8. The summed E-state index contributed by atoms with van der Waals surface area (Å²) in [7, 11) is 2.10. The van der Waals surface area contributed by atoms with Gasteiger partial charge in [-0.05, 0) is 31.7 Å². The maximum absolute atomic E-state index is 11.1. The molecule has 0 unspecified atom stereocenters.